The number of pyridine rings is 1. The van der Waals surface area contributed by atoms with Crippen LogP contribution in [0, 0.1) is 6.92 Å². The van der Waals surface area contributed by atoms with E-state index in [0.29, 0.717) is 5.13 Å². The Hall–Kier alpha value is -1.38. The summed E-state index contributed by atoms with van der Waals surface area (Å²) in [6, 6.07) is 4.21. The maximum absolute atomic E-state index is 11.6. The molecule has 2 heterocycles. The molecule has 0 fully saturated rings. The maximum Gasteiger partial charge on any atom is 0.416 e. The summed E-state index contributed by atoms with van der Waals surface area (Å²) in [5.41, 5.74) is 2.94. The molecule has 0 aromatic carbocycles. The number of hydrogen-bond donors (Lipinski definition) is 1. The van der Waals surface area contributed by atoms with Crippen molar-refractivity contribution in [3.05, 3.63) is 29.1 Å². The van der Waals surface area contributed by atoms with Crippen molar-refractivity contribution >= 4 is 21.4 Å². The van der Waals surface area contributed by atoms with E-state index in [9.17, 15) is 8.42 Å². The molecule has 0 bridgehead atoms. The van der Waals surface area contributed by atoms with Crippen molar-refractivity contribution in [2.45, 2.75) is 63.6 Å². The Balaban J connectivity index is 2.87. The van der Waals surface area contributed by atoms with Crippen LogP contribution in [-0.2, 0) is 20.9 Å². The lowest BCUT2D eigenvalue weighted by molar-refractivity contribution is -0.620. The zero-order valence-electron chi connectivity index (χ0n) is 15.2. The van der Waals surface area contributed by atoms with Crippen molar-refractivity contribution in [3.63, 3.8) is 0 Å². The zero-order chi connectivity index (χ0) is 18.5. The van der Waals surface area contributed by atoms with E-state index >= 15 is 0 Å². The lowest BCUT2D eigenvalue weighted by atomic mass is 9.86. The molecule has 0 amide bonds. The number of hydrogen-bond acceptors (Lipinski definition) is 5. The van der Waals surface area contributed by atoms with Gasteiger partial charge in [0, 0.05) is 10.8 Å². The average Bonchev–Trinajstić information content (AvgIpc) is 2.84. The largest absolute Gasteiger partial charge is 0.416 e. The van der Waals surface area contributed by atoms with Gasteiger partial charge in [0.2, 0.25) is 0 Å². The van der Waals surface area contributed by atoms with E-state index in [4.69, 9.17) is 5.14 Å². The van der Waals surface area contributed by atoms with E-state index in [1.165, 1.54) is 0 Å². The predicted molar refractivity (Wildman–Crippen MR) is 95.0 cm³/mol. The smallest absolute Gasteiger partial charge is 0.222 e. The minimum atomic E-state index is -3.86. The Morgan fingerprint density at radius 1 is 1.00 bits per heavy atom. The number of aryl methyl sites for hydroxylation is 1. The van der Waals surface area contributed by atoms with Crippen LogP contribution in [0.4, 0.5) is 0 Å². The Kier molecular flexibility index (Phi) is 4.62. The summed E-state index contributed by atoms with van der Waals surface area (Å²) in [4.78, 5) is 0. The second-order valence-electron chi connectivity index (χ2n) is 8.03. The van der Waals surface area contributed by atoms with Crippen LogP contribution in [0.1, 0.15) is 58.5 Å². The van der Waals surface area contributed by atoms with Gasteiger partial charge in [-0.05, 0) is 41.1 Å². The Morgan fingerprint density at radius 2 is 1.46 bits per heavy atom. The monoisotopic (exact) mass is 369 g/mol. The highest BCUT2D eigenvalue weighted by Gasteiger charge is 2.35. The number of primary sulfonamides is 1. The van der Waals surface area contributed by atoms with E-state index in [0.717, 1.165) is 28.3 Å². The first kappa shape index (κ1) is 19.0. The highest BCUT2D eigenvalue weighted by molar-refractivity contribution is 7.91. The van der Waals surface area contributed by atoms with E-state index in [1.807, 2.05) is 4.57 Å². The number of sulfonamides is 1. The van der Waals surface area contributed by atoms with Gasteiger partial charge in [-0.1, -0.05) is 41.5 Å². The molecule has 2 aromatic rings. The van der Waals surface area contributed by atoms with Crippen LogP contribution in [0.25, 0.3) is 5.13 Å². The highest BCUT2D eigenvalue weighted by atomic mass is 32.2. The molecule has 6 nitrogen and oxygen atoms in total. The van der Waals surface area contributed by atoms with Crippen LogP contribution < -0.4 is 9.71 Å². The summed E-state index contributed by atoms with van der Waals surface area (Å²) in [7, 11) is -3.86. The third-order valence-corrected chi connectivity index (χ3v) is 5.80. The molecule has 2 N–H and O–H groups in total. The van der Waals surface area contributed by atoms with Crippen LogP contribution in [0.5, 0.6) is 0 Å². The zero-order valence-corrected chi connectivity index (χ0v) is 16.8. The van der Waals surface area contributed by atoms with Crippen LogP contribution >= 0.6 is 11.3 Å². The van der Waals surface area contributed by atoms with Crippen LogP contribution in [0.3, 0.4) is 0 Å². The van der Waals surface area contributed by atoms with Crippen molar-refractivity contribution in [2.75, 3.05) is 0 Å². The number of nitrogens with zero attached hydrogens (tertiary/aromatic N) is 3. The number of rotatable bonds is 2. The Bertz CT molecular complexity index is 837. The molecular formula is C16H25N4O2S2+. The molecule has 0 radical (unpaired) electrons. The molecule has 0 unspecified atom stereocenters. The fraction of sp³-hybridized carbons (Fsp3) is 0.562. The Labute approximate surface area is 147 Å². The average molecular weight is 370 g/mol. The fourth-order valence-electron chi connectivity index (χ4n) is 2.45. The predicted octanol–water partition coefficient (Wildman–Crippen LogP) is 2.37. The summed E-state index contributed by atoms with van der Waals surface area (Å²) in [5.74, 6) is 0. The molecule has 2 aromatic heterocycles. The molecule has 0 saturated carbocycles. The lowest BCUT2D eigenvalue weighted by Crippen LogP contribution is -2.48. The summed E-state index contributed by atoms with van der Waals surface area (Å²) in [6.07, 6.45) is 0. The summed E-state index contributed by atoms with van der Waals surface area (Å²) in [6.45, 7) is 14.8. The molecule has 0 saturated heterocycles. The van der Waals surface area contributed by atoms with Gasteiger partial charge in [0.25, 0.3) is 14.4 Å². The second kappa shape index (κ2) is 5.86. The maximum atomic E-state index is 11.6. The van der Waals surface area contributed by atoms with Gasteiger partial charge in [-0.15, -0.1) is 0 Å². The molecule has 8 heteroatoms. The first-order valence-electron chi connectivity index (χ1n) is 7.65. The highest BCUT2D eigenvalue weighted by Crippen LogP contribution is 2.28. The fourth-order valence-corrected chi connectivity index (χ4v) is 3.90. The molecular weight excluding hydrogens is 344 g/mol. The normalized spacial score (nSPS) is 13.3. The summed E-state index contributed by atoms with van der Waals surface area (Å²) < 4.78 is 25.0. The van der Waals surface area contributed by atoms with Gasteiger partial charge < -0.3 is 0 Å². The molecule has 0 aliphatic rings. The topological polar surface area (TPSA) is 89.8 Å². The molecule has 0 spiro atoms. The lowest BCUT2D eigenvalue weighted by Gasteiger charge is -2.26. The van der Waals surface area contributed by atoms with Crippen molar-refractivity contribution in [3.8, 4) is 5.13 Å². The van der Waals surface area contributed by atoms with Crippen molar-refractivity contribution < 1.29 is 13.0 Å². The van der Waals surface area contributed by atoms with E-state index < -0.39 is 10.0 Å². The van der Waals surface area contributed by atoms with Crippen LogP contribution in [0.15, 0.2) is 16.5 Å². The molecule has 0 atom stereocenters. The second-order valence-corrected chi connectivity index (χ2v) is 10.7. The third-order valence-electron chi connectivity index (χ3n) is 3.58. The summed E-state index contributed by atoms with van der Waals surface area (Å²) >= 11 is 0.987. The summed E-state index contributed by atoms with van der Waals surface area (Å²) in [5, 5.41) is 13.6. The molecule has 0 aliphatic heterocycles. The molecule has 0 aliphatic carbocycles. The number of nitrogens with two attached hydrogens (primary N) is 1. The minimum absolute atomic E-state index is 0.153. The first-order valence-corrected chi connectivity index (χ1v) is 10.0. The van der Waals surface area contributed by atoms with Crippen molar-refractivity contribution in [1.82, 2.24) is 10.2 Å². The van der Waals surface area contributed by atoms with Gasteiger partial charge in [-0.3, -0.25) is 0 Å². The van der Waals surface area contributed by atoms with Crippen LogP contribution in [0.2, 0.25) is 0 Å². The van der Waals surface area contributed by atoms with Crippen molar-refractivity contribution in [2.24, 2.45) is 5.14 Å². The number of aromatic nitrogens is 3. The van der Waals surface area contributed by atoms with Gasteiger partial charge in [0.1, 0.15) is 11.4 Å². The Morgan fingerprint density at radius 3 is 1.79 bits per heavy atom. The molecule has 24 heavy (non-hydrogen) atoms. The van der Waals surface area contributed by atoms with Crippen LogP contribution in [-0.4, -0.2) is 18.6 Å². The molecule has 2 rings (SSSR count). The van der Waals surface area contributed by atoms with Gasteiger partial charge in [0.15, 0.2) is 0 Å². The first-order chi connectivity index (χ1) is 10.7. The van der Waals surface area contributed by atoms with E-state index in [2.05, 4.69) is 70.8 Å². The minimum Gasteiger partial charge on any atom is -0.222 e. The van der Waals surface area contributed by atoms with E-state index in [-0.39, 0.29) is 15.2 Å². The third kappa shape index (κ3) is 3.81. The van der Waals surface area contributed by atoms with Gasteiger partial charge in [-0.25, -0.2) is 13.6 Å². The van der Waals surface area contributed by atoms with Gasteiger partial charge >= 0.3 is 5.13 Å². The molecule has 132 valence electrons. The standard InChI is InChI=1S/C16H25N4O2S2/c1-10-8-11(15(2,3)4)20(12(9-10)16(5,6)7)13-18-19-14(23-13)24(17,21)22/h8-9H,1-7H3,(H2,17,21,22)/q+1. The van der Waals surface area contributed by atoms with Gasteiger partial charge in [-0.2, -0.15) is 4.57 Å². The van der Waals surface area contributed by atoms with Gasteiger partial charge in [0.05, 0.1) is 5.10 Å². The quantitative estimate of drug-likeness (QED) is 0.823. The SMILES string of the molecule is Cc1cc(C(C)(C)C)[n+](-c2nnc(S(N)(=O)=O)s2)c(C(C)(C)C)c1. The van der Waals surface area contributed by atoms with Crippen molar-refractivity contribution in [1.29, 1.82) is 0 Å². The van der Waals surface area contributed by atoms with E-state index in [1.54, 1.807) is 0 Å².